The number of anilines is 1. The van der Waals surface area contributed by atoms with Gasteiger partial charge in [-0.05, 0) is 70.4 Å². The number of halogens is 1. The Labute approximate surface area is 288 Å². The number of rotatable bonds is 11. The van der Waals surface area contributed by atoms with Crippen molar-refractivity contribution in [2.45, 2.75) is 63.2 Å². The molecule has 1 spiro atoms. The second-order valence-corrected chi connectivity index (χ2v) is 18.8. The number of nitro groups is 1. The van der Waals surface area contributed by atoms with E-state index < -0.39 is 18.6 Å². The fourth-order valence-electron chi connectivity index (χ4n) is 7.55. The number of fused-ring (bicyclic) bond motifs is 2. The van der Waals surface area contributed by atoms with Gasteiger partial charge in [-0.2, -0.15) is 0 Å². The lowest BCUT2D eigenvalue weighted by Gasteiger charge is -2.37. The van der Waals surface area contributed by atoms with E-state index in [1.165, 1.54) is 17.3 Å². The maximum Gasteiger partial charge on any atom is 0.269 e. The van der Waals surface area contributed by atoms with Crippen molar-refractivity contribution in [2.24, 2.45) is 5.92 Å². The molecule has 3 heterocycles. The Morgan fingerprint density at radius 3 is 2.51 bits per heavy atom. The minimum Gasteiger partial charge on any atom is -0.497 e. The minimum absolute atomic E-state index is 0.0133. The van der Waals surface area contributed by atoms with E-state index in [0.717, 1.165) is 14.9 Å². The lowest BCUT2D eigenvalue weighted by Crippen LogP contribution is -2.51. The molecule has 2 aliphatic heterocycles. The zero-order valence-corrected chi connectivity index (χ0v) is 30.0. The van der Waals surface area contributed by atoms with Crippen LogP contribution in [-0.4, -0.2) is 58.8 Å². The molecule has 4 aromatic rings. The molecular weight excluding hydrogens is 729 g/mol. The summed E-state index contributed by atoms with van der Waals surface area (Å²) >= 11 is 2.25. The number of carbonyl (C=O) groups is 1. The van der Waals surface area contributed by atoms with E-state index in [2.05, 4.69) is 65.1 Å². The van der Waals surface area contributed by atoms with Crippen molar-refractivity contribution in [1.29, 1.82) is 0 Å². The van der Waals surface area contributed by atoms with Crippen LogP contribution < -0.4 is 14.8 Å². The van der Waals surface area contributed by atoms with Gasteiger partial charge in [0, 0.05) is 53.0 Å². The van der Waals surface area contributed by atoms with E-state index in [9.17, 15) is 20.0 Å². The van der Waals surface area contributed by atoms with Gasteiger partial charge in [0.25, 0.3) is 11.6 Å². The Hall–Kier alpha value is -3.66. The third-order valence-corrected chi connectivity index (χ3v) is 15.0. The van der Waals surface area contributed by atoms with Crippen LogP contribution in [0.2, 0.25) is 18.6 Å². The Kier molecular flexibility index (Phi) is 9.26. The van der Waals surface area contributed by atoms with Crippen LogP contribution in [0.25, 0.3) is 0 Å². The number of aromatic nitrogens is 3. The monoisotopic (exact) mass is 767 g/mol. The number of methoxy groups -OCH3 is 1. The van der Waals surface area contributed by atoms with E-state index in [1.807, 2.05) is 42.6 Å². The highest BCUT2D eigenvalue weighted by atomic mass is 127. The van der Waals surface area contributed by atoms with Crippen LogP contribution >= 0.6 is 22.6 Å². The smallest absolute Gasteiger partial charge is 0.269 e. The third-order valence-electron chi connectivity index (χ3n) is 9.88. The van der Waals surface area contributed by atoms with Crippen molar-refractivity contribution in [2.75, 3.05) is 18.6 Å². The first-order chi connectivity index (χ1) is 22.5. The summed E-state index contributed by atoms with van der Waals surface area (Å²) in [4.78, 5) is 28.3. The standard InChI is InChI=1S/C34H38IN5O6Si/c1-22-32(47(3,4)28-12-10-27(45-2)11-13-28)31(15-17-38-21-25(16-18-41)36-37-38)46-34(22)29-19-26(40(43)44)9-14-30(29)39(33(34)42)20-23-5-7-24(35)8-6-23/h5-14,19,21-22,31-32,41H,15-18,20H2,1-4H3/t22-,31+,32-,34+/m0/s1. The molecule has 0 bridgehead atoms. The van der Waals surface area contributed by atoms with Crippen LogP contribution in [0.1, 0.15) is 30.2 Å². The molecule has 1 aromatic heterocycles. The number of nitrogens with zero attached hydrogens (tertiary/aromatic N) is 5. The van der Waals surface area contributed by atoms with Gasteiger partial charge in [0.15, 0.2) is 5.60 Å². The van der Waals surface area contributed by atoms with Crippen LogP contribution in [0.15, 0.2) is 72.9 Å². The number of non-ortho nitro benzene ring substituents is 1. The first-order valence-corrected chi connectivity index (χ1v) is 19.8. The number of carbonyl (C=O) groups excluding carboxylic acids is 1. The van der Waals surface area contributed by atoms with E-state index in [-0.39, 0.29) is 35.8 Å². The number of ether oxygens (including phenoxy) is 2. The molecule has 0 saturated carbocycles. The number of aliphatic hydroxyl groups is 1. The maximum absolute atomic E-state index is 14.9. The van der Waals surface area contributed by atoms with Crippen molar-refractivity contribution in [3.63, 3.8) is 0 Å². The first kappa shape index (κ1) is 33.2. The van der Waals surface area contributed by atoms with Crippen LogP contribution in [0.5, 0.6) is 5.75 Å². The summed E-state index contributed by atoms with van der Waals surface area (Å²) in [7, 11) is -0.757. The minimum atomic E-state index is -2.40. The summed E-state index contributed by atoms with van der Waals surface area (Å²) in [6.45, 7) is 7.49. The molecule has 0 radical (unpaired) electrons. The molecule has 3 aromatic carbocycles. The van der Waals surface area contributed by atoms with Gasteiger partial charge in [-0.25, -0.2) is 0 Å². The van der Waals surface area contributed by atoms with Crippen molar-refractivity contribution in [3.05, 3.63) is 103 Å². The van der Waals surface area contributed by atoms with Crippen molar-refractivity contribution >= 4 is 53.1 Å². The molecule has 246 valence electrons. The van der Waals surface area contributed by atoms with Crippen molar-refractivity contribution < 1.29 is 24.3 Å². The number of hydrogen-bond donors (Lipinski definition) is 1. The second kappa shape index (κ2) is 13.1. The molecule has 4 atom stereocenters. The molecule has 1 N–H and O–H groups in total. The van der Waals surface area contributed by atoms with E-state index >= 15 is 0 Å². The number of aliphatic hydroxyl groups excluding tert-OH is 1. The maximum atomic E-state index is 14.9. The third kappa shape index (κ3) is 5.98. The highest BCUT2D eigenvalue weighted by molar-refractivity contribution is 14.1. The van der Waals surface area contributed by atoms with Crippen molar-refractivity contribution in [1.82, 2.24) is 15.0 Å². The van der Waals surface area contributed by atoms with Crippen LogP contribution in [0, 0.1) is 19.6 Å². The molecule has 1 saturated heterocycles. The number of benzene rings is 3. The molecule has 1 fully saturated rings. The predicted molar refractivity (Wildman–Crippen MR) is 188 cm³/mol. The summed E-state index contributed by atoms with van der Waals surface area (Å²) in [5, 5.41) is 31.0. The number of aryl methyl sites for hydroxylation is 1. The largest absolute Gasteiger partial charge is 0.497 e. The molecule has 47 heavy (non-hydrogen) atoms. The number of amides is 1. The lowest BCUT2D eigenvalue weighted by atomic mass is 9.82. The summed E-state index contributed by atoms with van der Waals surface area (Å²) in [5.41, 5.74) is 1.33. The van der Waals surface area contributed by atoms with E-state index in [0.29, 0.717) is 42.9 Å². The fraction of sp³-hybridized carbons (Fsp3) is 0.382. The van der Waals surface area contributed by atoms with Gasteiger partial charge >= 0.3 is 0 Å². The summed E-state index contributed by atoms with van der Waals surface area (Å²) in [5.74, 6) is 0.273. The first-order valence-electron chi connectivity index (χ1n) is 15.7. The highest BCUT2D eigenvalue weighted by Gasteiger charge is 2.66. The molecule has 0 unspecified atom stereocenters. The van der Waals surface area contributed by atoms with Gasteiger partial charge in [0.2, 0.25) is 0 Å². The van der Waals surface area contributed by atoms with E-state index in [1.54, 1.807) is 22.8 Å². The summed E-state index contributed by atoms with van der Waals surface area (Å²) < 4.78 is 15.4. The number of nitro benzene ring substituents is 1. The molecule has 11 nitrogen and oxygen atoms in total. The SMILES string of the molecule is COc1ccc([Si](C)(C)[C@@H]2[C@@H](CCn3cc(CCO)nn3)O[C@]3(C(=O)N(Cc4ccc(I)cc4)c4ccc([N+](=O)[O-])cc43)[C@H]2C)cc1. The Balaban J connectivity index is 1.44. The second-order valence-electron chi connectivity index (χ2n) is 12.9. The van der Waals surface area contributed by atoms with Crippen LogP contribution in [0.3, 0.4) is 0 Å². The zero-order valence-electron chi connectivity index (χ0n) is 26.8. The molecular formula is C34H38IN5O6Si. The van der Waals surface area contributed by atoms with Crippen molar-refractivity contribution in [3.8, 4) is 5.75 Å². The molecule has 1 amide bonds. The lowest BCUT2D eigenvalue weighted by molar-refractivity contribution is -0.385. The van der Waals surface area contributed by atoms with Gasteiger partial charge in [0.1, 0.15) is 5.75 Å². The number of hydrogen-bond acceptors (Lipinski definition) is 8. The molecule has 2 aliphatic rings. The Bertz CT molecular complexity index is 1780. The topological polar surface area (TPSA) is 133 Å². The fourth-order valence-corrected chi connectivity index (χ4v) is 12.0. The van der Waals surface area contributed by atoms with Gasteiger partial charge in [-0.15, -0.1) is 5.10 Å². The van der Waals surface area contributed by atoms with Crippen LogP contribution in [-0.2, 0) is 34.6 Å². The normalized spacial score (nSPS) is 22.2. The molecule has 0 aliphatic carbocycles. The predicted octanol–water partition coefficient (Wildman–Crippen LogP) is 5.19. The highest BCUT2D eigenvalue weighted by Crippen LogP contribution is 2.60. The zero-order chi connectivity index (χ0) is 33.5. The average molecular weight is 768 g/mol. The van der Waals surface area contributed by atoms with Crippen LogP contribution in [0.4, 0.5) is 11.4 Å². The van der Waals surface area contributed by atoms with E-state index in [4.69, 9.17) is 9.47 Å². The summed E-state index contributed by atoms with van der Waals surface area (Å²) in [6.07, 6.45) is 2.45. The Morgan fingerprint density at radius 2 is 1.85 bits per heavy atom. The van der Waals surface area contributed by atoms with Gasteiger partial charge in [-0.1, -0.05) is 54.7 Å². The molecule has 13 heteroatoms. The van der Waals surface area contributed by atoms with Gasteiger partial charge in [0.05, 0.1) is 44.1 Å². The molecule has 6 rings (SSSR count). The van der Waals surface area contributed by atoms with Gasteiger partial charge < -0.3 is 19.5 Å². The quantitative estimate of drug-likeness (QED) is 0.0956. The van der Waals surface area contributed by atoms with Gasteiger partial charge in [-0.3, -0.25) is 19.6 Å². The Morgan fingerprint density at radius 1 is 1.13 bits per heavy atom. The summed E-state index contributed by atoms with van der Waals surface area (Å²) in [6, 6.07) is 20.8. The average Bonchev–Trinajstić information content (AvgIpc) is 3.71.